The van der Waals surface area contributed by atoms with Gasteiger partial charge in [-0.05, 0) is 55.0 Å². The molecule has 0 aliphatic carbocycles. The zero-order valence-corrected chi connectivity index (χ0v) is 15.9. The van der Waals surface area contributed by atoms with Gasteiger partial charge in [-0.2, -0.15) is 0 Å². The maximum atomic E-state index is 13.8. The average Bonchev–Trinajstić information content (AvgIpc) is 3.07. The Bertz CT molecular complexity index is 1220. The molecule has 0 saturated carbocycles. The standard InChI is InChI=1S/C20H15FN2O2S2/c1-13-12-14(20-22-17-7-3-4-8-18(17)26-20)10-11-16(13)23-27(24,25)19-9-5-2-6-15(19)21/h2-12,23H,1H3. The SMILES string of the molecule is Cc1cc(-c2nc3ccccc3s2)ccc1NS(=O)(=O)c1ccccc1F. The molecule has 0 amide bonds. The summed E-state index contributed by atoms with van der Waals surface area (Å²) in [4.78, 5) is 4.24. The Hall–Kier alpha value is -2.77. The summed E-state index contributed by atoms with van der Waals surface area (Å²) >= 11 is 1.58. The van der Waals surface area contributed by atoms with Crippen molar-refractivity contribution in [1.29, 1.82) is 0 Å². The second kappa shape index (κ2) is 6.75. The average molecular weight is 398 g/mol. The first-order valence-corrected chi connectivity index (χ1v) is 10.5. The van der Waals surface area contributed by atoms with Gasteiger partial charge in [0.1, 0.15) is 15.7 Å². The first kappa shape index (κ1) is 17.6. The number of hydrogen-bond acceptors (Lipinski definition) is 4. The van der Waals surface area contributed by atoms with Gasteiger partial charge in [-0.25, -0.2) is 17.8 Å². The third-order valence-corrected chi connectivity index (χ3v) is 6.62. The lowest BCUT2D eigenvalue weighted by Gasteiger charge is -2.12. The summed E-state index contributed by atoms with van der Waals surface area (Å²) in [5.74, 6) is -0.784. The molecule has 4 nitrogen and oxygen atoms in total. The summed E-state index contributed by atoms with van der Waals surface area (Å²) in [7, 11) is -4.00. The van der Waals surface area contributed by atoms with Crippen LogP contribution >= 0.6 is 11.3 Å². The number of anilines is 1. The van der Waals surface area contributed by atoms with Crippen LogP contribution in [0.4, 0.5) is 10.1 Å². The number of aryl methyl sites for hydroxylation is 1. The Labute approximate surface area is 160 Å². The molecule has 4 aromatic rings. The van der Waals surface area contributed by atoms with E-state index in [9.17, 15) is 12.8 Å². The topological polar surface area (TPSA) is 59.1 Å². The fourth-order valence-corrected chi connectivity index (χ4v) is 4.94. The highest BCUT2D eigenvalue weighted by Gasteiger charge is 2.19. The fraction of sp³-hybridized carbons (Fsp3) is 0.0500. The van der Waals surface area contributed by atoms with E-state index in [1.165, 1.54) is 18.2 Å². The van der Waals surface area contributed by atoms with E-state index in [-0.39, 0.29) is 4.90 Å². The monoisotopic (exact) mass is 398 g/mol. The Morgan fingerprint density at radius 1 is 1.00 bits per heavy atom. The van der Waals surface area contributed by atoms with E-state index >= 15 is 0 Å². The van der Waals surface area contributed by atoms with Crippen LogP contribution in [0.5, 0.6) is 0 Å². The second-order valence-electron chi connectivity index (χ2n) is 6.05. The first-order chi connectivity index (χ1) is 12.9. The Morgan fingerprint density at radius 3 is 2.48 bits per heavy atom. The summed E-state index contributed by atoms with van der Waals surface area (Å²) in [5, 5.41) is 0.864. The van der Waals surface area contributed by atoms with Crippen LogP contribution in [0.3, 0.4) is 0 Å². The highest BCUT2D eigenvalue weighted by molar-refractivity contribution is 7.92. The summed E-state index contributed by atoms with van der Waals surface area (Å²) < 4.78 is 42.4. The molecule has 136 valence electrons. The number of fused-ring (bicyclic) bond motifs is 1. The molecule has 0 fully saturated rings. The lowest BCUT2D eigenvalue weighted by molar-refractivity contribution is 0.570. The molecule has 1 N–H and O–H groups in total. The second-order valence-corrected chi connectivity index (χ2v) is 8.73. The Morgan fingerprint density at radius 2 is 1.74 bits per heavy atom. The van der Waals surface area contributed by atoms with Crippen LogP contribution in [-0.2, 0) is 10.0 Å². The molecule has 0 spiro atoms. The first-order valence-electron chi connectivity index (χ1n) is 8.18. The van der Waals surface area contributed by atoms with Gasteiger partial charge in [-0.15, -0.1) is 11.3 Å². The molecule has 0 unspecified atom stereocenters. The molecule has 0 bridgehead atoms. The van der Waals surface area contributed by atoms with Crippen molar-refractivity contribution in [2.45, 2.75) is 11.8 Å². The highest BCUT2D eigenvalue weighted by Crippen LogP contribution is 2.32. The van der Waals surface area contributed by atoms with E-state index in [1.54, 1.807) is 24.3 Å². The van der Waals surface area contributed by atoms with Crippen LogP contribution in [0.25, 0.3) is 20.8 Å². The van der Waals surface area contributed by atoms with Crippen LogP contribution in [-0.4, -0.2) is 13.4 Å². The van der Waals surface area contributed by atoms with Crippen LogP contribution < -0.4 is 4.72 Å². The van der Waals surface area contributed by atoms with Crippen molar-refractivity contribution in [3.8, 4) is 10.6 Å². The van der Waals surface area contributed by atoms with E-state index < -0.39 is 15.8 Å². The fourth-order valence-electron chi connectivity index (χ4n) is 2.77. The molecule has 1 heterocycles. The Kier molecular flexibility index (Phi) is 4.41. The molecule has 0 atom stereocenters. The van der Waals surface area contributed by atoms with Gasteiger partial charge in [0.15, 0.2) is 0 Å². The van der Waals surface area contributed by atoms with Gasteiger partial charge < -0.3 is 0 Å². The minimum atomic E-state index is -4.00. The number of para-hydroxylation sites is 1. The molecule has 0 aliphatic rings. The number of rotatable bonds is 4. The number of aromatic nitrogens is 1. The molecular formula is C20H15FN2O2S2. The van der Waals surface area contributed by atoms with Crippen molar-refractivity contribution >= 4 is 37.3 Å². The number of sulfonamides is 1. The van der Waals surface area contributed by atoms with Crippen molar-refractivity contribution in [1.82, 2.24) is 4.98 Å². The molecule has 1 aromatic heterocycles. The summed E-state index contributed by atoms with van der Waals surface area (Å²) in [6.07, 6.45) is 0. The van der Waals surface area contributed by atoms with Crippen molar-refractivity contribution in [2.24, 2.45) is 0 Å². The quantitative estimate of drug-likeness (QED) is 0.513. The predicted molar refractivity (Wildman–Crippen MR) is 107 cm³/mol. The third kappa shape index (κ3) is 3.43. The van der Waals surface area contributed by atoms with Crippen LogP contribution in [0.2, 0.25) is 0 Å². The highest BCUT2D eigenvalue weighted by atomic mass is 32.2. The maximum Gasteiger partial charge on any atom is 0.264 e. The van der Waals surface area contributed by atoms with Crippen molar-refractivity contribution in [2.75, 3.05) is 4.72 Å². The number of nitrogens with one attached hydrogen (secondary N) is 1. The van der Waals surface area contributed by atoms with Crippen LogP contribution in [0.15, 0.2) is 71.6 Å². The Balaban J connectivity index is 1.67. The van der Waals surface area contributed by atoms with E-state index in [0.29, 0.717) is 5.69 Å². The van der Waals surface area contributed by atoms with Crippen LogP contribution in [0.1, 0.15) is 5.56 Å². The third-order valence-electron chi connectivity index (χ3n) is 4.14. The van der Waals surface area contributed by atoms with E-state index in [4.69, 9.17) is 0 Å². The van der Waals surface area contributed by atoms with Gasteiger partial charge in [0.2, 0.25) is 0 Å². The number of nitrogens with zero attached hydrogens (tertiary/aromatic N) is 1. The van der Waals surface area contributed by atoms with Crippen molar-refractivity contribution in [3.05, 3.63) is 78.1 Å². The van der Waals surface area contributed by atoms with Gasteiger partial charge >= 0.3 is 0 Å². The van der Waals surface area contributed by atoms with Gasteiger partial charge in [-0.3, -0.25) is 4.72 Å². The maximum absolute atomic E-state index is 13.8. The van der Waals surface area contributed by atoms with E-state index in [1.807, 2.05) is 36.4 Å². The number of thiazole rings is 1. The minimum Gasteiger partial charge on any atom is -0.279 e. The molecule has 0 saturated heterocycles. The number of hydrogen-bond donors (Lipinski definition) is 1. The zero-order valence-electron chi connectivity index (χ0n) is 14.3. The molecule has 4 rings (SSSR count). The molecule has 0 radical (unpaired) electrons. The normalized spacial score (nSPS) is 11.6. The van der Waals surface area contributed by atoms with Crippen molar-refractivity contribution < 1.29 is 12.8 Å². The van der Waals surface area contributed by atoms with Gasteiger partial charge in [0.25, 0.3) is 10.0 Å². The number of benzene rings is 3. The lowest BCUT2D eigenvalue weighted by Crippen LogP contribution is -2.15. The smallest absolute Gasteiger partial charge is 0.264 e. The van der Waals surface area contributed by atoms with Gasteiger partial charge in [0, 0.05) is 5.56 Å². The molecule has 27 heavy (non-hydrogen) atoms. The summed E-state index contributed by atoms with van der Waals surface area (Å²) in [6.45, 7) is 1.80. The molecule has 7 heteroatoms. The lowest BCUT2D eigenvalue weighted by atomic mass is 10.1. The largest absolute Gasteiger partial charge is 0.279 e. The van der Waals surface area contributed by atoms with Gasteiger partial charge in [0.05, 0.1) is 15.9 Å². The predicted octanol–water partition coefficient (Wildman–Crippen LogP) is 5.21. The molecule has 3 aromatic carbocycles. The molecule has 0 aliphatic heterocycles. The van der Waals surface area contributed by atoms with Crippen molar-refractivity contribution in [3.63, 3.8) is 0 Å². The van der Waals surface area contributed by atoms with E-state index in [0.717, 1.165) is 32.4 Å². The summed E-state index contributed by atoms with van der Waals surface area (Å²) in [6, 6.07) is 18.5. The minimum absolute atomic E-state index is 0.375. The zero-order chi connectivity index (χ0) is 19.0. The number of halogens is 1. The molecular weight excluding hydrogens is 383 g/mol. The summed E-state index contributed by atoms with van der Waals surface area (Å²) in [5.41, 5.74) is 2.97. The van der Waals surface area contributed by atoms with Gasteiger partial charge in [-0.1, -0.05) is 24.3 Å². The van der Waals surface area contributed by atoms with Crippen LogP contribution in [0, 0.1) is 12.7 Å². The van der Waals surface area contributed by atoms with E-state index in [2.05, 4.69) is 9.71 Å².